The SMILES string of the molecule is CCOC(=O)N1CCC(=NNC(=O)CSc2nnc(-c3ccccc3)n2-c2ccccc2)CC1. The second-order valence-electron chi connectivity index (χ2n) is 7.53. The number of carbonyl (C=O) groups excluding carboxylic acids is 2. The van der Waals surface area contributed by atoms with Crippen molar-refractivity contribution in [1.29, 1.82) is 0 Å². The van der Waals surface area contributed by atoms with Gasteiger partial charge in [-0.05, 0) is 19.1 Å². The largest absolute Gasteiger partial charge is 0.450 e. The number of benzene rings is 2. The highest BCUT2D eigenvalue weighted by molar-refractivity contribution is 7.99. The van der Waals surface area contributed by atoms with Gasteiger partial charge in [-0.15, -0.1) is 10.2 Å². The first-order valence-electron chi connectivity index (χ1n) is 11.1. The Morgan fingerprint density at radius 1 is 1.03 bits per heavy atom. The van der Waals surface area contributed by atoms with Gasteiger partial charge in [0.1, 0.15) is 0 Å². The third-order valence-corrected chi connectivity index (χ3v) is 6.15. The van der Waals surface area contributed by atoms with Crippen molar-refractivity contribution in [2.45, 2.75) is 24.9 Å². The average molecular weight is 479 g/mol. The number of hydrazone groups is 1. The van der Waals surface area contributed by atoms with Crippen LogP contribution in [-0.4, -0.2) is 62.8 Å². The molecule has 10 heteroatoms. The van der Waals surface area contributed by atoms with E-state index in [4.69, 9.17) is 4.74 Å². The lowest BCUT2D eigenvalue weighted by Gasteiger charge is -2.26. The van der Waals surface area contributed by atoms with Crippen LogP contribution in [0.4, 0.5) is 4.79 Å². The molecule has 2 aromatic carbocycles. The summed E-state index contributed by atoms with van der Waals surface area (Å²) in [5, 5.41) is 13.6. The number of para-hydroxylation sites is 1. The molecule has 0 saturated carbocycles. The molecule has 34 heavy (non-hydrogen) atoms. The monoisotopic (exact) mass is 478 g/mol. The third kappa shape index (κ3) is 5.82. The number of aromatic nitrogens is 3. The highest BCUT2D eigenvalue weighted by Crippen LogP contribution is 2.27. The van der Waals surface area contributed by atoms with Crippen molar-refractivity contribution in [3.8, 4) is 17.1 Å². The van der Waals surface area contributed by atoms with Gasteiger partial charge in [-0.25, -0.2) is 10.2 Å². The molecule has 0 aliphatic carbocycles. The molecule has 0 unspecified atom stereocenters. The summed E-state index contributed by atoms with van der Waals surface area (Å²) in [5.41, 5.74) is 5.34. The van der Waals surface area contributed by atoms with Crippen LogP contribution in [0.1, 0.15) is 19.8 Å². The number of hydrogen-bond acceptors (Lipinski definition) is 7. The summed E-state index contributed by atoms with van der Waals surface area (Å²) >= 11 is 1.30. The molecule has 1 aliphatic rings. The van der Waals surface area contributed by atoms with Crippen molar-refractivity contribution in [2.24, 2.45) is 5.10 Å². The fourth-order valence-corrected chi connectivity index (χ4v) is 4.27. The minimum absolute atomic E-state index is 0.144. The quantitative estimate of drug-likeness (QED) is 0.410. The van der Waals surface area contributed by atoms with Crippen LogP contribution in [-0.2, 0) is 9.53 Å². The zero-order valence-electron chi connectivity index (χ0n) is 18.9. The van der Waals surface area contributed by atoms with Crippen molar-refractivity contribution >= 4 is 29.5 Å². The van der Waals surface area contributed by atoms with Crippen molar-refractivity contribution in [2.75, 3.05) is 25.4 Å². The van der Waals surface area contributed by atoms with E-state index < -0.39 is 0 Å². The Balaban J connectivity index is 1.38. The van der Waals surface area contributed by atoms with Gasteiger partial charge in [0, 0.05) is 42.9 Å². The van der Waals surface area contributed by atoms with Crippen LogP contribution < -0.4 is 5.43 Å². The summed E-state index contributed by atoms with van der Waals surface area (Å²) in [6.07, 6.45) is 0.906. The number of nitrogens with zero attached hydrogens (tertiary/aromatic N) is 5. The van der Waals surface area contributed by atoms with E-state index in [9.17, 15) is 9.59 Å². The molecule has 4 rings (SSSR count). The zero-order chi connectivity index (χ0) is 23.8. The van der Waals surface area contributed by atoms with Gasteiger partial charge in [0.05, 0.1) is 12.4 Å². The minimum Gasteiger partial charge on any atom is -0.450 e. The van der Waals surface area contributed by atoms with Gasteiger partial charge in [0.25, 0.3) is 5.91 Å². The second-order valence-corrected chi connectivity index (χ2v) is 8.47. The Morgan fingerprint density at radius 2 is 1.71 bits per heavy atom. The topological polar surface area (TPSA) is 102 Å². The highest BCUT2D eigenvalue weighted by atomic mass is 32.2. The molecular weight excluding hydrogens is 452 g/mol. The number of hydrogen-bond donors (Lipinski definition) is 1. The first-order chi connectivity index (χ1) is 16.7. The lowest BCUT2D eigenvalue weighted by atomic mass is 10.1. The van der Waals surface area contributed by atoms with Gasteiger partial charge in [0.15, 0.2) is 11.0 Å². The Morgan fingerprint density at radius 3 is 2.38 bits per heavy atom. The molecule has 2 amide bonds. The van der Waals surface area contributed by atoms with Crippen molar-refractivity contribution in [3.05, 3.63) is 60.7 Å². The fraction of sp³-hybridized carbons (Fsp3) is 0.292. The predicted molar refractivity (Wildman–Crippen MR) is 131 cm³/mol. The predicted octanol–water partition coefficient (Wildman–Crippen LogP) is 3.75. The highest BCUT2D eigenvalue weighted by Gasteiger charge is 2.21. The second kappa shape index (κ2) is 11.5. The van der Waals surface area contributed by atoms with Crippen molar-refractivity contribution in [1.82, 2.24) is 25.1 Å². The van der Waals surface area contributed by atoms with E-state index in [1.165, 1.54) is 11.8 Å². The molecule has 1 aliphatic heterocycles. The standard InChI is InChI=1S/C24H26N6O3S/c1-2-33-24(32)29-15-13-19(14-16-29)25-26-21(31)17-34-23-28-27-22(18-9-5-3-6-10-18)30(23)20-11-7-4-8-12-20/h3-12H,2,13-17H2,1H3,(H,26,31). The van der Waals surface area contributed by atoms with E-state index in [0.29, 0.717) is 43.5 Å². The van der Waals surface area contributed by atoms with E-state index in [1.54, 1.807) is 11.8 Å². The molecule has 1 fully saturated rings. The van der Waals surface area contributed by atoms with Crippen LogP contribution in [0.25, 0.3) is 17.1 Å². The van der Waals surface area contributed by atoms with Gasteiger partial charge in [0.2, 0.25) is 0 Å². The number of carbonyl (C=O) groups is 2. The summed E-state index contributed by atoms with van der Waals surface area (Å²) in [5.74, 6) is 0.628. The Labute approximate surface area is 202 Å². The molecule has 0 bridgehead atoms. The van der Waals surface area contributed by atoms with Gasteiger partial charge in [-0.1, -0.05) is 60.3 Å². The lowest BCUT2D eigenvalue weighted by Crippen LogP contribution is -2.39. The van der Waals surface area contributed by atoms with E-state index >= 15 is 0 Å². The maximum atomic E-state index is 12.5. The van der Waals surface area contributed by atoms with Gasteiger partial charge >= 0.3 is 6.09 Å². The summed E-state index contributed by atoms with van der Waals surface area (Å²) in [4.78, 5) is 25.9. The van der Waals surface area contributed by atoms with Gasteiger partial charge in [-0.3, -0.25) is 9.36 Å². The van der Waals surface area contributed by atoms with E-state index in [2.05, 4.69) is 20.7 Å². The molecule has 176 valence electrons. The molecule has 3 aromatic rings. The molecule has 1 saturated heterocycles. The molecule has 1 N–H and O–H groups in total. The molecule has 0 spiro atoms. The number of likely N-dealkylation sites (tertiary alicyclic amines) is 1. The van der Waals surface area contributed by atoms with E-state index in [-0.39, 0.29) is 17.8 Å². The van der Waals surface area contributed by atoms with Crippen LogP contribution in [0, 0.1) is 0 Å². The van der Waals surface area contributed by atoms with Crippen LogP contribution in [0.15, 0.2) is 70.9 Å². The first-order valence-corrected chi connectivity index (χ1v) is 12.1. The van der Waals surface area contributed by atoms with Crippen LogP contribution in [0.2, 0.25) is 0 Å². The summed E-state index contributed by atoms with van der Waals surface area (Å²) in [6, 6.07) is 19.6. The molecular formula is C24H26N6O3S. The van der Waals surface area contributed by atoms with Gasteiger partial charge in [-0.2, -0.15) is 5.10 Å². The molecule has 0 atom stereocenters. The van der Waals surface area contributed by atoms with E-state index in [1.807, 2.05) is 65.2 Å². The number of ether oxygens (including phenoxy) is 1. The van der Waals surface area contributed by atoms with Crippen LogP contribution >= 0.6 is 11.8 Å². The smallest absolute Gasteiger partial charge is 0.409 e. The number of amides is 2. The number of nitrogens with one attached hydrogen (secondary N) is 1. The first kappa shape index (κ1) is 23.5. The summed E-state index contributed by atoms with van der Waals surface area (Å²) in [7, 11) is 0. The maximum absolute atomic E-state index is 12.5. The normalized spacial score (nSPS) is 13.4. The molecule has 1 aromatic heterocycles. The van der Waals surface area contributed by atoms with Crippen LogP contribution in [0.5, 0.6) is 0 Å². The average Bonchev–Trinajstić information content (AvgIpc) is 3.32. The summed E-state index contributed by atoms with van der Waals surface area (Å²) in [6.45, 7) is 3.21. The minimum atomic E-state index is -0.306. The number of thioether (sulfide) groups is 1. The third-order valence-electron chi connectivity index (χ3n) is 5.22. The van der Waals surface area contributed by atoms with Crippen LogP contribution in [0.3, 0.4) is 0 Å². The molecule has 9 nitrogen and oxygen atoms in total. The zero-order valence-corrected chi connectivity index (χ0v) is 19.7. The summed E-state index contributed by atoms with van der Waals surface area (Å²) < 4.78 is 6.97. The fourth-order valence-electron chi connectivity index (χ4n) is 3.53. The van der Waals surface area contributed by atoms with Crippen molar-refractivity contribution in [3.63, 3.8) is 0 Å². The maximum Gasteiger partial charge on any atom is 0.409 e. The lowest BCUT2D eigenvalue weighted by molar-refractivity contribution is -0.118. The van der Waals surface area contributed by atoms with E-state index in [0.717, 1.165) is 17.0 Å². The Kier molecular flexibility index (Phi) is 7.92. The molecule has 0 radical (unpaired) electrons. The number of piperidine rings is 1. The van der Waals surface area contributed by atoms with Gasteiger partial charge < -0.3 is 9.64 Å². The Hall–Kier alpha value is -3.66. The Bertz CT molecular complexity index is 1140. The molecule has 2 heterocycles. The van der Waals surface area contributed by atoms with Crippen molar-refractivity contribution < 1.29 is 14.3 Å². The number of rotatable bonds is 7.